The summed E-state index contributed by atoms with van der Waals surface area (Å²) in [6, 6.07) is 13.3. The molecule has 1 aromatic carbocycles. The Bertz CT molecular complexity index is 740. The van der Waals surface area contributed by atoms with Gasteiger partial charge in [0.05, 0.1) is 11.6 Å². The summed E-state index contributed by atoms with van der Waals surface area (Å²) in [6.07, 6.45) is 3.28. The van der Waals surface area contributed by atoms with E-state index in [2.05, 4.69) is 9.97 Å². The molecule has 0 amide bonds. The summed E-state index contributed by atoms with van der Waals surface area (Å²) >= 11 is 5.85. The van der Waals surface area contributed by atoms with Crippen molar-refractivity contribution in [1.82, 2.24) is 9.97 Å². The maximum Gasteiger partial charge on any atom is 0.129 e. The number of fused-ring (bicyclic) bond motifs is 1. The zero-order chi connectivity index (χ0) is 13.9. The third-order valence-electron chi connectivity index (χ3n) is 3.29. The number of aromatic nitrogens is 2. The SMILES string of the molecule is OC(Cc1ccnc2ccccc12)c1ccnc(Cl)c1. The van der Waals surface area contributed by atoms with Gasteiger partial charge < -0.3 is 5.11 Å². The number of para-hydroxylation sites is 1. The average Bonchev–Trinajstić information content (AvgIpc) is 2.47. The Labute approximate surface area is 121 Å². The molecule has 1 N–H and O–H groups in total. The number of nitrogens with zero attached hydrogens (tertiary/aromatic N) is 2. The fourth-order valence-electron chi connectivity index (χ4n) is 2.28. The minimum Gasteiger partial charge on any atom is -0.388 e. The van der Waals surface area contributed by atoms with E-state index in [1.807, 2.05) is 30.3 Å². The maximum atomic E-state index is 10.4. The number of aliphatic hydroxyl groups is 1. The van der Waals surface area contributed by atoms with Crippen LogP contribution >= 0.6 is 11.6 Å². The molecule has 0 radical (unpaired) electrons. The number of rotatable bonds is 3. The highest BCUT2D eigenvalue weighted by atomic mass is 35.5. The molecule has 20 heavy (non-hydrogen) atoms. The van der Waals surface area contributed by atoms with Gasteiger partial charge in [0.1, 0.15) is 5.15 Å². The molecule has 0 saturated heterocycles. The second-order valence-corrected chi connectivity index (χ2v) is 5.01. The van der Waals surface area contributed by atoms with Crippen molar-refractivity contribution in [3.63, 3.8) is 0 Å². The molecule has 1 unspecified atom stereocenters. The van der Waals surface area contributed by atoms with Crippen LogP contribution in [-0.2, 0) is 6.42 Å². The van der Waals surface area contributed by atoms with E-state index in [4.69, 9.17) is 11.6 Å². The van der Waals surface area contributed by atoms with E-state index < -0.39 is 6.10 Å². The Morgan fingerprint density at radius 1 is 1.05 bits per heavy atom. The smallest absolute Gasteiger partial charge is 0.129 e. The fraction of sp³-hybridized carbons (Fsp3) is 0.125. The second kappa shape index (κ2) is 5.57. The van der Waals surface area contributed by atoms with Gasteiger partial charge in [-0.25, -0.2) is 4.98 Å². The third kappa shape index (κ3) is 2.64. The second-order valence-electron chi connectivity index (χ2n) is 4.62. The molecule has 0 fully saturated rings. The van der Waals surface area contributed by atoms with Gasteiger partial charge in [-0.15, -0.1) is 0 Å². The molecule has 3 aromatic rings. The monoisotopic (exact) mass is 284 g/mol. The number of hydrogen-bond donors (Lipinski definition) is 1. The van der Waals surface area contributed by atoms with Crippen molar-refractivity contribution >= 4 is 22.5 Å². The van der Waals surface area contributed by atoms with Crippen LogP contribution in [0.15, 0.2) is 54.9 Å². The van der Waals surface area contributed by atoms with Crippen molar-refractivity contribution in [3.05, 3.63) is 71.1 Å². The highest BCUT2D eigenvalue weighted by molar-refractivity contribution is 6.29. The molecule has 2 heterocycles. The molecule has 3 rings (SSSR count). The zero-order valence-corrected chi connectivity index (χ0v) is 11.5. The van der Waals surface area contributed by atoms with E-state index in [-0.39, 0.29) is 0 Å². The molecule has 0 aliphatic rings. The lowest BCUT2D eigenvalue weighted by Crippen LogP contribution is -2.03. The molecule has 0 spiro atoms. The van der Waals surface area contributed by atoms with Gasteiger partial charge in [0.15, 0.2) is 0 Å². The first-order valence-corrected chi connectivity index (χ1v) is 6.74. The van der Waals surface area contributed by atoms with Gasteiger partial charge in [-0.3, -0.25) is 4.98 Å². The van der Waals surface area contributed by atoms with Crippen LogP contribution in [0.25, 0.3) is 10.9 Å². The molecular weight excluding hydrogens is 272 g/mol. The molecule has 2 aromatic heterocycles. The van der Waals surface area contributed by atoms with Crippen molar-refractivity contribution in [2.45, 2.75) is 12.5 Å². The Hall–Kier alpha value is -1.97. The van der Waals surface area contributed by atoms with Crippen LogP contribution < -0.4 is 0 Å². The number of pyridine rings is 2. The van der Waals surface area contributed by atoms with Gasteiger partial charge >= 0.3 is 0 Å². The molecule has 3 nitrogen and oxygen atoms in total. The highest BCUT2D eigenvalue weighted by Gasteiger charge is 2.11. The third-order valence-corrected chi connectivity index (χ3v) is 3.49. The van der Waals surface area contributed by atoms with Crippen LogP contribution in [0.4, 0.5) is 0 Å². The minimum absolute atomic E-state index is 0.390. The normalized spacial score (nSPS) is 12.5. The lowest BCUT2D eigenvalue weighted by molar-refractivity contribution is 0.178. The summed E-state index contributed by atoms with van der Waals surface area (Å²) in [5.41, 5.74) is 2.77. The van der Waals surface area contributed by atoms with Crippen LogP contribution in [0, 0.1) is 0 Å². The maximum absolute atomic E-state index is 10.4. The topological polar surface area (TPSA) is 46.0 Å². The van der Waals surface area contributed by atoms with Crippen LogP contribution in [-0.4, -0.2) is 15.1 Å². The van der Waals surface area contributed by atoms with Crippen LogP contribution in [0.3, 0.4) is 0 Å². The molecular formula is C16H13ClN2O. The molecule has 100 valence electrons. The zero-order valence-electron chi connectivity index (χ0n) is 10.7. The van der Waals surface area contributed by atoms with Gasteiger partial charge in [-0.05, 0) is 35.4 Å². The van der Waals surface area contributed by atoms with Crippen molar-refractivity contribution in [3.8, 4) is 0 Å². The van der Waals surface area contributed by atoms with Gasteiger partial charge in [0.2, 0.25) is 0 Å². The van der Waals surface area contributed by atoms with Crippen molar-refractivity contribution in [2.24, 2.45) is 0 Å². The van der Waals surface area contributed by atoms with Crippen LogP contribution in [0.2, 0.25) is 5.15 Å². The van der Waals surface area contributed by atoms with E-state index in [1.54, 1.807) is 24.5 Å². The molecule has 0 aliphatic carbocycles. The standard InChI is InChI=1S/C16H13ClN2O/c17-16-10-12(6-8-19-16)15(20)9-11-5-7-18-14-4-2-1-3-13(11)14/h1-8,10,15,20H,9H2. The first-order chi connectivity index (χ1) is 9.74. The number of hydrogen-bond acceptors (Lipinski definition) is 3. The predicted octanol–water partition coefficient (Wildman–Crippen LogP) is 3.56. The first kappa shape index (κ1) is 13.0. The fourth-order valence-corrected chi connectivity index (χ4v) is 2.47. The molecule has 0 bridgehead atoms. The molecule has 1 atom stereocenters. The first-order valence-electron chi connectivity index (χ1n) is 6.36. The van der Waals surface area contributed by atoms with E-state index in [0.717, 1.165) is 22.0 Å². The Kier molecular flexibility index (Phi) is 3.63. The predicted molar refractivity (Wildman–Crippen MR) is 79.7 cm³/mol. The van der Waals surface area contributed by atoms with Gasteiger partial charge in [0, 0.05) is 24.2 Å². The number of benzene rings is 1. The molecule has 0 aliphatic heterocycles. The average molecular weight is 285 g/mol. The molecule has 4 heteroatoms. The van der Waals surface area contributed by atoms with Crippen molar-refractivity contribution in [2.75, 3.05) is 0 Å². The Balaban J connectivity index is 1.93. The van der Waals surface area contributed by atoms with Crippen LogP contribution in [0.5, 0.6) is 0 Å². The molecule has 0 saturated carbocycles. The van der Waals surface area contributed by atoms with Crippen molar-refractivity contribution < 1.29 is 5.11 Å². The lowest BCUT2D eigenvalue weighted by Gasteiger charge is -2.12. The summed E-state index contributed by atoms with van der Waals surface area (Å²) in [4.78, 5) is 8.25. The summed E-state index contributed by atoms with van der Waals surface area (Å²) in [5, 5.41) is 11.8. The summed E-state index contributed by atoms with van der Waals surface area (Å²) in [6.45, 7) is 0. The van der Waals surface area contributed by atoms with Gasteiger partial charge in [-0.2, -0.15) is 0 Å². The Morgan fingerprint density at radius 2 is 1.85 bits per heavy atom. The van der Waals surface area contributed by atoms with E-state index >= 15 is 0 Å². The summed E-state index contributed by atoms with van der Waals surface area (Å²) < 4.78 is 0. The van der Waals surface area contributed by atoms with Gasteiger partial charge in [0.25, 0.3) is 0 Å². The highest BCUT2D eigenvalue weighted by Crippen LogP contribution is 2.24. The largest absolute Gasteiger partial charge is 0.388 e. The van der Waals surface area contributed by atoms with E-state index in [0.29, 0.717) is 11.6 Å². The summed E-state index contributed by atoms with van der Waals surface area (Å²) in [7, 11) is 0. The van der Waals surface area contributed by atoms with E-state index in [1.165, 1.54) is 0 Å². The minimum atomic E-state index is -0.610. The Morgan fingerprint density at radius 3 is 2.70 bits per heavy atom. The van der Waals surface area contributed by atoms with E-state index in [9.17, 15) is 5.11 Å². The number of halogens is 1. The van der Waals surface area contributed by atoms with Crippen LogP contribution in [0.1, 0.15) is 17.2 Å². The quantitative estimate of drug-likeness (QED) is 0.748. The number of aliphatic hydroxyl groups excluding tert-OH is 1. The van der Waals surface area contributed by atoms with Gasteiger partial charge in [-0.1, -0.05) is 29.8 Å². The van der Waals surface area contributed by atoms with Crippen molar-refractivity contribution in [1.29, 1.82) is 0 Å². The lowest BCUT2D eigenvalue weighted by atomic mass is 9.99. The summed E-state index contributed by atoms with van der Waals surface area (Å²) in [5.74, 6) is 0.